The van der Waals surface area contributed by atoms with Crippen LogP contribution in [-0.4, -0.2) is 55.0 Å². The minimum absolute atomic E-state index is 0.329. The summed E-state index contributed by atoms with van der Waals surface area (Å²) in [5.41, 5.74) is 8.70. The van der Waals surface area contributed by atoms with Crippen molar-refractivity contribution in [3.05, 3.63) is 54.4 Å². The quantitative estimate of drug-likeness (QED) is 0.566. The van der Waals surface area contributed by atoms with Gasteiger partial charge in [0.2, 0.25) is 0 Å². The standard InChI is InChI=1S/C20H26N6O/c1-5-7-17(13-22-3)26-14-16(24-20(26)27)11-18(21)15-8-9-19(23-12-15)25(4)10-6-2/h5,7-9,11-13H,1,6,10,14,21H2,2-4H3/b17-7+,18-11-,22-13?. The SMILES string of the molecule is C=C/C=C(\C=NC)N1CC(/C=C(\N)c2ccc(N(C)CCC)nc2)=NC1=O. The van der Waals surface area contributed by atoms with E-state index in [1.165, 1.54) is 4.90 Å². The zero-order valence-electron chi connectivity index (χ0n) is 16.1. The summed E-state index contributed by atoms with van der Waals surface area (Å²) in [5.74, 6) is 0.894. The Hall–Kier alpha value is -3.22. The van der Waals surface area contributed by atoms with E-state index >= 15 is 0 Å². The van der Waals surface area contributed by atoms with Crippen molar-refractivity contribution in [1.82, 2.24) is 9.88 Å². The summed E-state index contributed by atoms with van der Waals surface area (Å²) < 4.78 is 0. The van der Waals surface area contributed by atoms with Crippen LogP contribution in [0, 0.1) is 0 Å². The lowest BCUT2D eigenvalue weighted by Crippen LogP contribution is -2.26. The molecule has 27 heavy (non-hydrogen) atoms. The molecule has 0 saturated heterocycles. The number of aliphatic imine (C=N–C) groups is 2. The van der Waals surface area contributed by atoms with Crippen LogP contribution in [0.3, 0.4) is 0 Å². The monoisotopic (exact) mass is 366 g/mol. The number of aromatic nitrogens is 1. The number of carbonyl (C=O) groups is 1. The first-order chi connectivity index (χ1) is 13.0. The number of nitrogens with zero attached hydrogens (tertiary/aromatic N) is 5. The molecule has 0 aromatic carbocycles. The van der Waals surface area contributed by atoms with E-state index in [2.05, 4.69) is 33.4 Å². The number of carbonyl (C=O) groups excluding carboxylic acids is 1. The van der Waals surface area contributed by atoms with Gasteiger partial charge in [0.15, 0.2) is 0 Å². The molecule has 0 saturated carbocycles. The molecular formula is C20H26N6O. The van der Waals surface area contributed by atoms with Crippen molar-refractivity contribution in [3.8, 4) is 0 Å². The Kier molecular flexibility index (Phi) is 7.05. The van der Waals surface area contributed by atoms with Gasteiger partial charge in [0.1, 0.15) is 5.82 Å². The summed E-state index contributed by atoms with van der Waals surface area (Å²) >= 11 is 0. The highest BCUT2D eigenvalue weighted by molar-refractivity contribution is 6.12. The van der Waals surface area contributed by atoms with Crippen molar-refractivity contribution in [2.75, 3.05) is 32.1 Å². The van der Waals surface area contributed by atoms with Crippen LogP contribution >= 0.6 is 0 Å². The van der Waals surface area contributed by atoms with Crippen LogP contribution in [-0.2, 0) is 0 Å². The molecule has 2 N–H and O–H groups in total. The minimum atomic E-state index is -0.350. The molecule has 7 heteroatoms. The average Bonchev–Trinajstić information content (AvgIpc) is 3.02. The van der Waals surface area contributed by atoms with Crippen LogP contribution in [0.1, 0.15) is 18.9 Å². The first-order valence-electron chi connectivity index (χ1n) is 8.78. The number of urea groups is 1. The van der Waals surface area contributed by atoms with Gasteiger partial charge in [-0.25, -0.2) is 9.78 Å². The predicted molar refractivity (Wildman–Crippen MR) is 112 cm³/mol. The van der Waals surface area contributed by atoms with Gasteiger partial charge in [0.05, 0.1) is 18.0 Å². The van der Waals surface area contributed by atoms with Gasteiger partial charge in [-0.1, -0.05) is 19.6 Å². The zero-order valence-corrected chi connectivity index (χ0v) is 16.1. The highest BCUT2D eigenvalue weighted by atomic mass is 16.2. The van der Waals surface area contributed by atoms with Gasteiger partial charge < -0.3 is 10.6 Å². The number of hydrogen-bond acceptors (Lipinski definition) is 5. The first kappa shape index (κ1) is 20.1. The van der Waals surface area contributed by atoms with Gasteiger partial charge in [0, 0.05) is 44.3 Å². The fraction of sp³-hybridized carbons (Fsp3) is 0.300. The van der Waals surface area contributed by atoms with E-state index in [4.69, 9.17) is 5.73 Å². The molecule has 0 radical (unpaired) electrons. The van der Waals surface area contributed by atoms with Gasteiger partial charge in [-0.15, -0.1) is 0 Å². The third kappa shape index (κ3) is 5.13. The molecule has 1 aliphatic heterocycles. The maximum absolute atomic E-state index is 12.2. The second kappa shape index (κ2) is 9.47. The lowest BCUT2D eigenvalue weighted by molar-refractivity contribution is 0.231. The molecule has 0 spiro atoms. The molecule has 1 aromatic rings. The second-order valence-electron chi connectivity index (χ2n) is 6.11. The fourth-order valence-corrected chi connectivity index (χ4v) is 2.68. The Morgan fingerprint density at radius 2 is 2.26 bits per heavy atom. The molecular weight excluding hydrogens is 340 g/mol. The second-order valence-corrected chi connectivity index (χ2v) is 6.11. The van der Waals surface area contributed by atoms with E-state index in [0.29, 0.717) is 23.7 Å². The molecule has 0 atom stereocenters. The van der Waals surface area contributed by atoms with Gasteiger partial charge in [-0.2, -0.15) is 4.99 Å². The van der Waals surface area contributed by atoms with E-state index in [1.54, 1.807) is 37.7 Å². The molecule has 2 amide bonds. The third-order valence-corrected chi connectivity index (χ3v) is 4.01. The first-order valence-corrected chi connectivity index (χ1v) is 8.78. The van der Waals surface area contributed by atoms with Crippen LogP contribution in [0.4, 0.5) is 10.6 Å². The number of nitrogens with two attached hydrogens (primary N) is 1. The van der Waals surface area contributed by atoms with Crippen molar-refractivity contribution in [2.45, 2.75) is 13.3 Å². The highest BCUT2D eigenvalue weighted by Gasteiger charge is 2.24. The van der Waals surface area contributed by atoms with E-state index in [9.17, 15) is 4.79 Å². The minimum Gasteiger partial charge on any atom is -0.398 e. The normalized spacial score (nSPS) is 15.4. The molecule has 142 valence electrons. The molecule has 2 rings (SSSR count). The number of allylic oxidation sites excluding steroid dienone is 3. The smallest absolute Gasteiger partial charge is 0.348 e. The topological polar surface area (TPSA) is 87.2 Å². The van der Waals surface area contributed by atoms with Gasteiger partial charge in [-0.3, -0.25) is 9.89 Å². The molecule has 1 aliphatic rings. The molecule has 0 fully saturated rings. The number of pyridine rings is 1. The van der Waals surface area contributed by atoms with E-state index in [1.807, 2.05) is 19.2 Å². The molecule has 0 unspecified atom stereocenters. The van der Waals surface area contributed by atoms with E-state index in [0.717, 1.165) is 24.3 Å². The fourth-order valence-electron chi connectivity index (χ4n) is 2.68. The molecule has 1 aromatic heterocycles. The third-order valence-electron chi connectivity index (χ3n) is 4.01. The Labute approximate surface area is 160 Å². The number of rotatable bonds is 8. The van der Waals surface area contributed by atoms with Gasteiger partial charge in [0.25, 0.3) is 0 Å². The number of hydrogen-bond donors (Lipinski definition) is 1. The lowest BCUT2D eigenvalue weighted by atomic mass is 10.1. The van der Waals surface area contributed by atoms with Crippen LogP contribution in [0.2, 0.25) is 0 Å². The summed E-state index contributed by atoms with van der Waals surface area (Å²) in [4.78, 5) is 28.3. The molecule has 0 aliphatic carbocycles. The van der Waals surface area contributed by atoms with Crippen molar-refractivity contribution in [1.29, 1.82) is 0 Å². The average molecular weight is 366 g/mol. The Bertz CT molecular complexity index is 804. The van der Waals surface area contributed by atoms with Crippen molar-refractivity contribution in [2.24, 2.45) is 15.7 Å². The van der Waals surface area contributed by atoms with Crippen LogP contribution in [0.15, 0.2) is 58.8 Å². The van der Waals surface area contributed by atoms with Crippen molar-refractivity contribution in [3.63, 3.8) is 0 Å². The van der Waals surface area contributed by atoms with Crippen LogP contribution in [0.5, 0.6) is 0 Å². The van der Waals surface area contributed by atoms with E-state index < -0.39 is 0 Å². The molecule has 0 bridgehead atoms. The van der Waals surface area contributed by atoms with Gasteiger partial charge in [-0.05, 0) is 30.7 Å². The summed E-state index contributed by atoms with van der Waals surface area (Å²) in [6, 6.07) is 3.50. The Morgan fingerprint density at radius 1 is 1.48 bits per heavy atom. The maximum atomic E-state index is 12.2. The lowest BCUT2D eigenvalue weighted by Gasteiger charge is -2.17. The van der Waals surface area contributed by atoms with E-state index in [-0.39, 0.29) is 6.03 Å². The molecule has 7 nitrogen and oxygen atoms in total. The Balaban J connectivity index is 2.14. The summed E-state index contributed by atoms with van der Waals surface area (Å²) in [5, 5.41) is 0. The summed E-state index contributed by atoms with van der Waals surface area (Å²) in [6.07, 6.45) is 9.41. The largest absolute Gasteiger partial charge is 0.398 e. The summed E-state index contributed by atoms with van der Waals surface area (Å²) in [7, 11) is 3.65. The summed E-state index contributed by atoms with van der Waals surface area (Å²) in [6.45, 7) is 7.05. The highest BCUT2D eigenvalue weighted by Crippen LogP contribution is 2.17. The van der Waals surface area contributed by atoms with Crippen molar-refractivity contribution >= 4 is 29.5 Å². The Morgan fingerprint density at radius 3 is 2.85 bits per heavy atom. The van der Waals surface area contributed by atoms with Crippen molar-refractivity contribution < 1.29 is 4.79 Å². The predicted octanol–water partition coefficient (Wildman–Crippen LogP) is 2.87. The van der Waals surface area contributed by atoms with Gasteiger partial charge >= 0.3 is 6.03 Å². The van der Waals surface area contributed by atoms with Crippen LogP contribution in [0.25, 0.3) is 5.70 Å². The van der Waals surface area contributed by atoms with Crippen LogP contribution < -0.4 is 10.6 Å². The maximum Gasteiger partial charge on any atom is 0.348 e. The number of amides is 2. The zero-order chi connectivity index (χ0) is 19.8. The number of anilines is 1. The molecule has 2 heterocycles.